The Balaban J connectivity index is 1.05. The molecule has 2 unspecified atom stereocenters. The van der Waals surface area contributed by atoms with Crippen molar-refractivity contribution in [2.75, 3.05) is 53.8 Å². The van der Waals surface area contributed by atoms with Crippen LogP contribution in [-0.4, -0.2) is 94.6 Å². The quantitative estimate of drug-likeness (QED) is 0.0197. The molecular formula is C55H66N5O10P. The molecule has 0 aliphatic heterocycles. The van der Waals surface area contributed by atoms with E-state index in [1.54, 1.807) is 14.2 Å². The topological polar surface area (TPSA) is 179 Å². The summed E-state index contributed by atoms with van der Waals surface area (Å²) in [4.78, 5) is 37.8. The summed E-state index contributed by atoms with van der Waals surface area (Å²) in [6.45, 7) is 9.34. The van der Waals surface area contributed by atoms with Crippen molar-refractivity contribution in [1.82, 2.24) is 20.8 Å². The largest absolute Gasteiger partial charge is 0.497 e. The fourth-order valence-electron chi connectivity index (χ4n) is 8.57. The van der Waals surface area contributed by atoms with Gasteiger partial charge in [0.1, 0.15) is 29.8 Å². The van der Waals surface area contributed by atoms with Gasteiger partial charge in [-0.05, 0) is 97.3 Å². The number of ether oxygens (including phenoxy) is 5. The van der Waals surface area contributed by atoms with E-state index in [0.717, 1.165) is 38.9 Å². The fourth-order valence-corrected chi connectivity index (χ4v) is 10.3. The number of hydrazine groups is 1. The molecule has 3 N–H and O–H groups in total. The van der Waals surface area contributed by atoms with Crippen molar-refractivity contribution in [2.45, 2.75) is 83.1 Å². The Kier molecular flexibility index (Phi) is 20.7. The summed E-state index contributed by atoms with van der Waals surface area (Å²) in [6.07, 6.45) is -1.02. The van der Waals surface area contributed by atoms with E-state index in [1.807, 2.05) is 115 Å². The molecule has 5 aromatic carbocycles. The summed E-state index contributed by atoms with van der Waals surface area (Å²) in [7, 11) is 1.57. The molecule has 15 nitrogen and oxygen atoms in total. The summed E-state index contributed by atoms with van der Waals surface area (Å²) in [5.74, 6) is 0.413. The smallest absolute Gasteiger partial charge is 0.426 e. The van der Waals surface area contributed by atoms with Crippen LogP contribution in [0.15, 0.2) is 127 Å². The molecule has 2 atom stereocenters. The van der Waals surface area contributed by atoms with Crippen molar-refractivity contribution in [3.8, 4) is 28.7 Å². The molecule has 16 heteroatoms. The van der Waals surface area contributed by atoms with Crippen LogP contribution < -0.4 is 25.6 Å². The van der Waals surface area contributed by atoms with Gasteiger partial charge in [0.15, 0.2) is 0 Å². The van der Waals surface area contributed by atoms with E-state index in [-0.39, 0.29) is 76.2 Å². The van der Waals surface area contributed by atoms with Gasteiger partial charge < -0.3 is 38.0 Å². The Morgan fingerprint density at radius 1 is 0.690 bits per heavy atom. The van der Waals surface area contributed by atoms with E-state index < -0.39 is 32.2 Å². The van der Waals surface area contributed by atoms with Gasteiger partial charge in [-0.15, -0.1) is 0 Å². The predicted octanol–water partition coefficient (Wildman–Crippen LogP) is 9.55. The first kappa shape index (κ1) is 54.0. The van der Waals surface area contributed by atoms with Gasteiger partial charge in [-0.2, -0.15) is 5.26 Å². The molecule has 0 radical (unpaired) electrons. The molecule has 0 heterocycles. The first-order chi connectivity index (χ1) is 34.5. The number of rotatable bonds is 27. The maximum atomic E-state index is 12.8. The zero-order chi connectivity index (χ0) is 50.6. The Labute approximate surface area is 419 Å². The number of nitriles is 1. The Morgan fingerprint density at radius 3 is 1.80 bits per heavy atom. The van der Waals surface area contributed by atoms with Crippen LogP contribution >= 0.6 is 8.53 Å². The number of methoxy groups -OCH3 is 2. The Morgan fingerprint density at radius 2 is 1.24 bits per heavy atom. The predicted molar refractivity (Wildman–Crippen MR) is 272 cm³/mol. The SMILES string of the molecule is COc1ccc(C(OCC(COCCCNC(=O)CCC(=O)NNC(=O)OCC2c3ccccc3-c3ccccc32)OP(OCCC#N)N(C(C)C)C(C)C)(c2ccccc2)c2ccc(OC)cc2)cc1. The second kappa shape index (κ2) is 27.3. The molecule has 6 rings (SSSR count). The molecule has 0 saturated carbocycles. The summed E-state index contributed by atoms with van der Waals surface area (Å²) in [6, 6.07) is 43.9. The van der Waals surface area contributed by atoms with Gasteiger partial charge in [-0.25, -0.2) is 14.9 Å². The van der Waals surface area contributed by atoms with Crippen molar-refractivity contribution < 1.29 is 47.1 Å². The first-order valence-electron chi connectivity index (χ1n) is 24.0. The second-order valence-corrected chi connectivity index (χ2v) is 18.8. The summed E-state index contributed by atoms with van der Waals surface area (Å²) in [5.41, 5.74) is 10.5. The average Bonchev–Trinajstić information content (AvgIpc) is 3.71. The lowest BCUT2D eigenvalue weighted by Crippen LogP contribution is -2.42. The number of nitrogens with zero attached hydrogens (tertiary/aromatic N) is 2. The lowest BCUT2D eigenvalue weighted by molar-refractivity contribution is -0.126. The minimum absolute atomic E-state index is 0.0555. The van der Waals surface area contributed by atoms with Gasteiger partial charge in [0, 0.05) is 44.0 Å². The van der Waals surface area contributed by atoms with Crippen LogP contribution in [0.1, 0.15) is 87.1 Å². The standard InChI is InChI=1S/C55H66N5O10P/c1-39(2)60(40(3)4)71(69-35-14-32-56)70-46(37-68-55(41-16-8-7-9-17-41,42-22-26-44(64-5)27-23-42)43-24-28-45(65-6)29-25-43)36-66-34-15-33-57-52(61)30-31-53(62)58-59-54(63)67-38-51-49-20-12-10-18-47(49)48-19-11-13-21-50(48)51/h7-13,16-29,39-40,46,51H,14-15,30-31,33-38H2,1-6H3,(H,57,61)(H,58,62)(H,59,63). The minimum Gasteiger partial charge on any atom is -0.497 e. The zero-order valence-electron chi connectivity index (χ0n) is 41.4. The van der Waals surface area contributed by atoms with E-state index in [0.29, 0.717) is 24.5 Å². The highest BCUT2D eigenvalue weighted by Gasteiger charge is 2.40. The van der Waals surface area contributed by atoms with Crippen LogP contribution in [0.3, 0.4) is 0 Å². The van der Waals surface area contributed by atoms with Crippen molar-refractivity contribution >= 4 is 26.4 Å². The monoisotopic (exact) mass is 987 g/mol. The second-order valence-electron chi connectivity index (χ2n) is 17.4. The van der Waals surface area contributed by atoms with Crippen molar-refractivity contribution in [2.24, 2.45) is 0 Å². The van der Waals surface area contributed by atoms with Gasteiger partial charge in [0.2, 0.25) is 11.8 Å². The molecule has 0 fully saturated rings. The summed E-state index contributed by atoms with van der Waals surface area (Å²) in [5, 5.41) is 12.2. The van der Waals surface area contributed by atoms with Crippen LogP contribution in [0, 0.1) is 11.3 Å². The van der Waals surface area contributed by atoms with Gasteiger partial charge in [-0.1, -0.05) is 103 Å². The third-order valence-corrected chi connectivity index (χ3v) is 14.1. The van der Waals surface area contributed by atoms with Gasteiger partial charge in [0.25, 0.3) is 8.53 Å². The van der Waals surface area contributed by atoms with Crippen LogP contribution in [-0.2, 0) is 38.4 Å². The molecule has 0 saturated heterocycles. The molecule has 0 spiro atoms. The van der Waals surface area contributed by atoms with Crippen molar-refractivity contribution in [3.63, 3.8) is 0 Å². The van der Waals surface area contributed by atoms with Gasteiger partial charge in [-0.3, -0.25) is 15.0 Å². The molecule has 1 aliphatic carbocycles. The third-order valence-electron chi connectivity index (χ3n) is 11.9. The van der Waals surface area contributed by atoms with E-state index in [1.165, 1.54) is 0 Å². The maximum absolute atomic E-state index is 12.8. The molecule has 376 valence electrons. The number of carbonyl (C=O) groups excluding carboxylic acids is 3. The normalized spacial score (nSPS) is 13.0. The summed E-state index contributed by atoms with van der Waals surface area (Å²) >= 11 is 0. The van der Waals surface area contributed by atoms with Crippen LogP contribution in [0.25, 0.3) is 11.1 Å². The van der Waals surface area contributed by atoms with E-state index in [2.05, 4.69) is 66.7 Å². The highest BCUT2D eigenvalue weighted by atomic mass is 31.2. The number of benzene rings is 5. The fraction of sp³-hybridized carbons (Fsp3) is 0.382. The highest BCUT2D eigenvalue weighted by molar-refractivity contribution is 7.44. The van der Waals surface area contributed by atoms with Crippen LogP contribution in [0.2, 0.25) is 0 Å². The molecular weight excluding hydrogens is 922 g/mol. The van der Waals surface area contributed by atoms with E-state index in [4.69, 9.17) is 32.7 Å². The molecule has 3 amide bonds. The molecule has 1 aliphatic rings. The molecule has 5 aromatic rings. The Bertz CT molecular complexity index is 2400. The highest BCUT2D eigenvalue weighted by Crippen LogP contribution is 2.49. The lowest BCUT2D eigenvalue weighted by Gasteiger charge is -2.39. The maximum Gasteiger partial charge on any atom is 0.426 e. The van der Waals surface area contributed by atoms with E-state index in [9.17, 15) is 19.6 Å². The number of carbonyl (C=O) groups is 3. The van der Waals surface area contributed by atoms with E-state index >= 15 is 0 Å². The van der Waals surface area contributed by atoms with Crippen LogP contribution in [0.4, 0.5) is 4.79 Å². The number of hydrogen-bond acceptors (Lipinski definition) is 12. The van der Waals surface area contributed by atoms with Crippen molar-refractivity contribution in [1.29, 1.82) is 5.26 Å². The van der Waals surface area contributed by atoms with Gasteiger partial charge >= 0.3 is 6.09 Å². The lowest BCUT2D eigenvalue weighted by atomic mass is 9.80. The molecule has 71 heavy (non-hydrogen) atoms. The Hall–Kier alpha value is -6.37. The third kappa shape index (κ3) is 14.6. The summed E-state index contributed by atoms with van der Waals surface area (Å²) < 4.78 is 45.4. The first-order valence-corrected chi connectivity index (χ1v) is 25.1. The molecule has 0 bridgehead atoms. The number of amides is 3. The number of hydrogen-bond donors (Lipinski definition) is 3. The van der Waals surface area contributed by atoms with Crippen molar-refractivity contribution in [3.05, 3.63) is 155 Å². The number of fused-ring (bicyclic) bond motifs is 3. The zero-order valence-corrected chi connectivity index (χ0v) is 42.3. The minimum atomic E-state index is -1.68. The van der Waals surface area contributed by atoms with Gasteiger partial charge in [0.05, 0.1) is 46.5 Å². The van der Waals surface area contributed by atoms with Crippen LogP contribution in [0.5, 0.6) is 11.5 Å². The number of nitrogens with one attached hydrogen (secondary N) is 3. The average molecular weight is 988 g/mol. The molecule has 0 aromatic heterocycles.